The first kappa shape index (κ1) is 14.1. The van der Waals surface area contributed by atoms with E-state index in [1.54, 1.807) is 23.2 Å². The summed E-state index contributed by atoms with van der Waals surface area (Å²) in [5.41, 5.74) is 2.40. The number of ketones is 1. The molecule has 1 aliphatic carbocycles. The van der Waals surface area contributed by atoms with Gasteiger partial charge >= 0.3 is 5.69 Å². The Kier molecular flexibility index (Phi) is 3.70. The summed E-state index contributed by atoms with van der Waals surface area (Å²) in [6.07, 6.45) is 6.81. The molecule has 0 aliphatic heterocycles. The first-order valence-corrected chi connectivity index (χ1v) is 7.79. The average molecular weight is 286 g/mol. The molecule has 0 saturated heterocycles. The molecule has 1 heterocycles. The molecule has 0 atom stereocenters. The average Bonchev–Trinajstić information content (AvgIpc) is 2.74. The van der Waals surface area contributed by atoms with Crippen molar-refractivity contribution in [2.75, 3.05) is 0 Å². The highest BCUT2D eigenvalue weighted by molar-refractivity contribution is 6.00. The number of nitrogens with zero attached hydrogens (tertiary/aromatic N) is 2. The zero-order valence-corrected chi connectivity index (χ0v) is 12.8. The molecular weight excluding hydrogens is 264 g/mol. The van der Waals surface area contributed by atoms with Crippen LogP contribution in [-0.2, 0) is 14.1 Å². The molecule has 1 aromatic carbocycles. The quantitative estimate of drug-likeness (QED) is 0.629. The molecule has 1 saturated carbocycles. The summed E-state index contributed by atoms with van der Waals surface area (Å²) in [6.45, 7) is 0. The van der Waals surface area contributed by atoms with Crippen molar-refractivity contribution in [2.45, 2.75) is 38.5 Å². The number of benzene rings is 1. The number of rotatable bonds is 2. The number of Topliss-reactive ketones (excluding diaryl/α,β-unsaturated/α-hetero) is 1. The molecule has 2 aromatic rings. The Bertz CT molecular complexity index is 731. The van der Waals surface area contributed by atoms with Crippen LogP contribution in [-0.4, -0.2) is 14.9 Å². The van der Waals surface area contributed by atoms with Crippen LogP contribution in [0.5, 0.6) is 0 Å². The second-order valence-corrected chi connectivity index (χ2v) is 6.16. The van der Waals surface area contributed by atoms with E-state index in [1.165, 1.54) is 12.8 Å². The van der Waals surface area contributed by atoms with Gasteiger partial charge in [-0.2, -0.15) is 0 Å². The molecular formula is C17H22N2O2. The number of hydrogen-bond acceptors (Lipinski definition) is 2. The van der Waals surface area contributed by atoms with Gasteiger partial charge in [-0.05, 0) is 31.0 Å². The van der Waals surface area contributed by atoms with Crippen molar-refractivity contribution >= 4 is 16.8 Å². The summed E-state index contributed by atoms with van der Waals surface area (Å²) < 4.78 is 3.23. The SMILES string of the molecule is Cn1c(=O)n(C)c2cc(C(=O)C3CCCCCC3)ccc21. The van der Waals surface area contributed by atoms with Gasteiger partial charge in [-0.15, -0.1) is 0 Å². The molecule has 0 spiro atoms. The van der Waals surface area contributed by atoms with Gasteiger partial charge in [0.1, 0.15) is 0 Å². The van der Waals surface area contributed by atoms with Crippen molar-refractivity contribution in [2.24, 2.45) is 20.0 Å². The van der Waals surface area contributed by atoms with E-state index in [1.807, 2.05) is 18.2 Å². The summed E-state index contributed by atoms with van der Waals surface area (Å²) in [6, 6.07) is 5.64. The van der Waals surface area contributed by atoms with E-state index in [9.17, 15) is 9.59 Å². The summed E-state index contributed by atoms with van der Waals surface area (Å²) in [5.74, 6) is 0.404. The Labute approximate surface area is 124 Å². The van der Waals surface area contributed by atoms with Crippen LogP contribution >= 0.6 is 0 Å². The van der Waals surface area contributed by atoms with Crippen LogP contribution in [0.3, 0.4) is 0 Å². The molecule has 1 fully saturated rings. The lowest BCUT2D eigenvalue weighted by atomic mass is 9.91. The van der Waals surface area contributed by atoms with Gasteiger partial charge in [0.05, 0.1) is 11.0 Å². The van der Waals surface area contributed by atoms with Gasteiger partial charge in [0.25, 0.3) is 0 Å². The van der Waals surface area contributed by atoms with Crippen LogP contribution in [0, 0.1) is 5.92 Å². The second kappa shape index (κ2) is 5.51. The Balaban J connectivity index is 1.98. The van der Waals surface area contributed by atoms with Crippen molar-refractivity contribution in [3.8, 4) is 0 Å². The minimum atomic E-state index is -0.0518. The van der Waals surface area contributed by atoms with Crippen molar-refractivity contribution in [3.05, 3.63) is 34.2 Å². The number of hydrogen-bond donors (Lipinski definition) is 0. The first-order chi connectivity index (χ1) is 10.1. The third kappa shape index (κ3) is 2.43. The number of carbonyl (C=O) groups is 1. The lowest BCUT2D eigenvalue weighted by Gasteiger charge is -2.12. The van der Waals surface area contributed by atoms with E-state index in [2.05, 4.69) is 0 Å². The predicted molar refractivity (Wildman–Crippen MR) is 83.7 cm³/mol. The third-order valence-corrected chi connectivity index (χ3v) is 4.78. The van der Waals surface area contributed by atoms with E-state index < -0.39 is 0 Å². The maximum absolute atomic E-state index is 12.7. The molecule has 1 aliphatic rings. The van der Waals surface area contributed by atoms with Gasteiger partial charge in [0.2, 0.25) is 0 Å². The van der Waals surface area contributed by atoms with E-state index in [4.69, 9.17) is 0 Å². The summed E-state index contributed by atoms with van der Waals surface area (Å²) >= 11 is 0. The minimum Gasteiger partial charge on any atom is -0.295 e. The monoisotopic (exact) mass is 286 g/mol. The molecule has 3 rings (SSSR count). The lowest BCUT2D eigenvalue weighted by Crippen LogP contribution is -2.19. The lowest BCUT2D eigenvalue weighted by molar-refractivity contribution is 0.0908. The number of fused-ring (bicyclic) bond motifs is 1. The third-order valence-electron chi connectivity index (χ3n) is 4.78. The molecule has 0 radical (unpaired) electrons. The first-order valence-electron chi connectivity index (χ1n) is 7.79. The maximum Gasteiger partial charge on any atom is 0.328 e. The highest BCUT2D eigenvalue weighted by Gasteiger charge is 2.22. The van der Waals surface area contributed by atoms with E-state index in [-0.39, 0.29) is 17.4 Å². The molecule has 21 heavy (non-hydrogen) atoms. The largest absolute Gasteiger partial charge is 0.328 e. The smallest absolute Gasteiger partial charge is 0.295 e. The Hall–Kier alpha value is -1.84. The molecule has 112 valence electrons. The predicted octanol–water partition coefficient (Wildman–Crippen LogP) is 3.03. The van der Waals surface area contributed by atoms with Crippen LogP contribution in [0.15, 0.2) is 23.0 Å². The molecule has 0 unspecified atom stereocenters. The van der Waals surface area contributed by atoms with Crippen molar-refractivity contribution in [3.63, 3.8) is 0 Å². The highest BCUT2D eigenvalue weighted by Crippen LogP contribution is 2.27. The van der Waals surface area contributed by atoms with E-state index in [0.717, 1.165) is 42.3 Å². The number of imidazole rings is 1. The van der Waals surface area contributed by atoms with Crippen LogP contribution in [0.25, 0.3) is 11.0 Å². The van der Waals surface area contributed by atoms with Crippen LogP contribution < -0.4 is 5.69 Å². The van der Waals surface area contributed by atoms with Gasteiger partial charge in [-0.3, -0.25) is 13.9 Å². The standard InChI is InChI=1S/C17H22N2O2/c1-18-14-10-9-13(11-15(14)19(2)17(18)21)16(20)12-7-5-3-4-6-8-12/h9-12H,3-8H2,1-2H3. The van der Waals surface area contributed by atoms with Gasteiger partial charge < -0.3 is 0 Å². The van der Waals surface area contributed by atoms with Crippen molar-refractivity contribution in [1.29, 1.82) is 0 Å². The van der Waals surface area contributed by atoms with Gasteiger partial charge in [-0.1, -0.05) is 25.7 Å². The molecule has 1 aromatic heterocycles. The molecule has 4 nitrogen and oxygen atoms in total. The summed E-state index contributed by atoms with van der Waals surface area (Å²) in [5, 5.41) is 0. The zero-order chi connectivity index (χ0) is 15.0. The summed E-state index contributed by atoms with van der Waals surface area (Å²) in [4.78, 5) is 24.7. The fraction of sp³-hybridized carbons (Fsp3) is 0.529. The minimum absolute atomic E-state index is 0.0518. The van der Waals surface area contributed by atoms with E-state index >= 15 is 0 Å². The Morgan fingerprint density at radius 1 is 1.00 bits per heavy atom. The fourth-order valence-corrected chi connectivity index (χ4v) is 3.44. The number of carbonyl (C=O) groups excluding carboxylic acids is 1. The molecule has 0 amide bonds. The fourth-order valence-electron chi connectivity index (χ4n) is 3.44. The van der Waals surface area contributed by atoms with Gasteiger partial charge in [-0.25, -0.2) is 4.79 Å². The highest BCUT2D eigenvalue weighted by atomic mass is 16.1. The normalized spacial score (nSPS) is 17.0. The second-order valence-electron chi connectivity index (χ2n) is 6.16. The topological polar surface area (TPSA) is 44.0 Å². The summed E-state index contributed by atoms with van der Waals surface area (Å²) in [7, 11) is 3.52. The van der Waals surface area contributed by atoms with Crippen LogP contribution in [0.2, 0.25) is 0 Å². The van der Waals surface area contributed by atoms with Crippen LogP contribution in [0.1, 0.15) is 48.9 Å². The van der Waals surface area contributed by atoms with Crippen molar-refractivity contribution in [1.82, 2.24) is 9.13 Å². The van der Waals surface area contributed by atoms with Gasteiger partial charge in [0, 0.05) is 25.6 Å². The number of aryl methyl sites for hydroxylation is 2. The number of aromatic nitrogens is 2. The Morgan fingerprint density at radius 3 is 2.29 bits per heavy atom. The van der Waals surface area contributed by atoms with Gasteiger partial charge in [0.15, 0.2) is 5.78 Å². The molecule has 4 heteroatoms. The Morgan fingerprint density at radius 2 is 1.62 bits per heavy atom. The van der Waals surface area contributed by atoms with Crippen LogP contribution in [0.4, 0.5) is 0 Å². The zero-order valence-electron chi connectivity index (χ0n) is 12.8. The molecule has 0 N–H and O–H groups in total. The van der Waals surface area contributed by atoms with Crippen molar-refractivity contribution < 1.29 is 4.79 Å². The van der Waals surface area contributed by atoms with E-state index in [0.29, 0.717) is 0 Å². The molecule has 0 bridgehead atoms. The maximum atomic E-state index is 12.7.